The molecular formula is C49H33N3. The van der Waals surface area contributed by atoms with E-state index in [1.807, 2.05) is 0 Å². The molecule has 0 fully saturated rings. The van der Waals surface area contributed by atoms with E-state index in [1.165, 1.54) is 93.4 Å². The number of para-hydroxylation sites is 4. The van der Waals surface area contributed by atoms with Gasteiger partial charge in [0.2, 0.25) is 0 Å². The second-order valence-electron chi connectivity index (χ2n) is 14.9. The summed E-state index contributed by atoms with van der Waals surface area (Å²) in [4.78, 5) is 2.47. The van der Waals surface area contributed by atoms with Crippen molar-refractivity contribution in [3.63, 3.8) is 0 Å². The Morgan fingerprint density at radius 2 is 0.981 bits per heavy atom. The van der Waals surface area contributed by atoms with E-state index in [0.29, 0.717) is 0 Å². The number of fused-ring (bicyclic) bond motifs is 15. The summed E-state index contributed by atoms with van der Waals surface area (Å²) in [5.41, 5.74) is 16.2. The number of rotatable bonds is 3. The minimum atomic E-state index is -0.0910. The molecule has 0 unspecified atom stereocenters. The fourth-order valence-electron chi connectivity index (χ4n) is 9.84. The number of benzene rings is 8. The highest BCUT2D eigenvalue weighted by atomic mass is 15.1. The summed E-state index contributed by atoms with van der Waals surface area (Å²) < 4.78 is 5.06. The molecule has 244 valence electrons. The molecule has 12 rings (SSSR count). The van der Waals surface area contributed by atoms with Crippen molar-refractivity contribution in [2.75, 3.05) is 4.90 Å². The molecule has 0 saturated heterocycles. The van der Waals surface area contributed by atoms with Crippen LogP contribution < -0.4 is 4.90 Å². The largest absolute Gasteiger partial charge is 0.310 e. The van der Waals surface area contributed by atoms with Gasteiger partial charge in [0.1, 0.15) is 0 Å². The van der Waals surface area contributed by atoms with Crippen molar-refractivity contribution in [3.8, 4) is 11.1 Å². The third-order valence-electron chi connectivity index (χ3n) is 12.0. The summed E-state index contributed by atoms with van der Waals surface area (Å²) in [6.07, 6.45) is 0. The number of nitrogens with zero attached hydrogens (tertiary/aromatic N) is 3. The normalized spacial score (nSPS) is 13.7. The zero-order chi connectivity index (χ0) is 34.3. The van der Waals surface area contributed by atoms with E-state index in [4.69, 9.17) is 0 Å². The second kappa shape index (κ2) is 9.80. The van der Waals surface area contributed by atoms with Gasteiger partial charge in [-0.3, -0.25) is 0 Å². The van der Waals surface area contributed by atoms with Gasteiger partial charge in [-0.25, -0.2) is 0 Å². The molecule has 0 spiro atoms. The van der Waals surface area contributed by atoms with Crippen molar-refractivity contribution in [2.24, 2.45) is 0 Å². The first-order valence-corrected chi connectivity index (χ1v) is 18.2. The minimum absolute atomic E-state index is 0.0910. The summed E-state index contributed by atoms with van der Waals surface area (Å²) >= 11 is 0. The second-order valence-corrected chi connectivity index (χ2v) is 14.9. The fraction of sp³-hybridized carbons (Fsp3) is 0.0612. The Morgan fingerprint density at radius 3 is 1.71 bits per heavy atom. The van der Waals surface area contributed by atoms with Gasteiger partial charge in [-0.15, -0.1) is 0 Å². The maximum absolute atomic E-state index is 2.55. The Morgan fingerprint density at radius 1 is 0.423 bits per heavy atom. The molecule has 3 nitrogen and oxygen atoms in total. The van der Waals surface area contributed by atoms with E-state index in [9.17, 15) is 0 Å². The first-order valence-electron chi connectivity index (χ1n) is 18.2. The van der Waals surface area contributed by atoms with Gasteiger partial charge in [0.15, 0.2) is 0 Å². The quantitative estimate of drug-likeness (QED) is 0.171. The van der Waals surface area contributed by atoms with Gasteiger partial charge in [0.05, 0.1) is 38.8 Å². The third kappa shape index (κ3) is 3.36. The molecule has 0 amide bonds. The van der Waals surface area contributed by atoms with E-state index >= 15 is 0 Å². The Kier molecular flexibility index (Phi) is 5.31. The lowest BCUT2D eigenvalue weighted by molar-refractivity contribution is 0.660. The van der Waals surface area contributed by atoms with Crippen LogP contribution in [0.1, 0.15) is 25.0 Å². The zero-order valence-corrected chi connectivity index (χ0v) is 28.9. The van der Waals surface area contributed by atoms with E-state index in [1.54, 1.807) is 0 Å². The molecule has 0 aliphatic heterocycles. The molecule has 1 aliphatic rings. The first kappa shape index (κ1) is 28.2. The van der Waals surface area contributed by atoms with E-state index in [0.717, 1.165) is 11.4 Å². The Hall–Kier alpha value is -6.58. The average Bonchev–Trinajstić information content (AvgIpc) is 3.80. The molecule has 3 aromatic heterocycles. The molecule has 3 heterocycles. The number of anilines is 3. The number of hydrogen-bond acceptors (Lipinski definition) is 1. The monoisotopic (exact) mass is 663 g/mol. The highest BCUT2D eigenvalue weighted by Gasteiger charge is 2.37. The molecular weight excluding hydrogens is 631 g/mol. The van der Waals surface area contributed by atoms with Crippen LogP contribution in [0.25, 0.3) is 76.5 Å². The van der Waals surface area contributed by atoms with Crippen molar-refractivity contribution in [1.82, 2.24) is 8.80 Å². The number of aromatic nitrogens is 2. The standard InChI is InChI=1S/C49H33N3/c1-49(2)37-21-10-8-19-34(37)46-38(49)22-14-26-42(46)50(30-15-4-3-5-16-30)31-27-28-36-43(29-31)52-41-25-13-12-24-40(41)51-39-23-11-9-20-35(39)44-32-17-6-7-18-33(32)45(36)48(52)47(44)51/h3-29H,1-2H3. The van der Waals surface area contributed by atoms with Crippen molar-refractivity contribution in [1.29, 1.82) is 0 Å². The van der Waals surface area contributed by atoms with Crippen molar-refractivity contribution < 1.29 is 0 Å². The molecule has 1 aliphatic carbocycles. The first-order chi connectivity index (χ1) is 25.6. The molecule has 0 saturated carbocycles. The third-order valence-corrected chi connectivity index (χ3v) is 12.0. The van der Waals surface area contributed by atoms with Crippen LogP contribution in [0.5, 0.6) is 0 Å². The topological polar surface area (TPSA) is 12.1 Å². The van der Waals surface area contributed by atoms with Crippen LogP contribution in [0.2, 0.25) is 0 Å². The fourth-order valence-corrected chi connectivity index (χ4v) is 9.84. The van der Waals surface area contributed by atoms with Crippen LogP contribution in [-0.4, -0.2) is 8.80 Å². The Balaban J connectivity index is 1.25. The molecule has 0 radical (unpaired) electrons. The smallest absolute Gasteiger partial charge is 0.0796 e. The Labute approximate surface area is 300 Å². The van der Waals surface area contributed by atoms with E-state index in [-0.39, 0.29) is 5.41 Å². The van der Waals surface area contributed by atoms with Crippen LogP contribution in [0.4, 0.5) is 17.1 Å². The highest BCUT2D eigenvalue weighted by molar-refractivity contribution is 6.37. The van der Waals surface area contributed by atoms with Gasteiger partial charge in [0, 0.05) is 43.9 Å². The van der Waals surface area contributed by atoms with Crippen LogP contribution in [0.3, 0.4) is 0 Å². The van der Waals surface area contributed by atoms with Crippen LogP contribution in [0, 0.1) is 0 Å². The summed E-state index contributed by atoms with van der Waals surface area (Å²) in [5.74, 6) is 0. The predicted molar refractivity (Wildman–Crippen MR) is 219 cm³/mol. The van der Waals surface area contributed by atoms with Crippen molar-refractivity contribution in [2.45, 2.75) is 19.3 Å². The maximum Gasteiger partial charge on any atom is 0.0796 e. The zero-order valence-electron chi connectivity index (χ0n) is 28.9. The maximum atomic E-state index is 2.55. The Bertz CT molecular complexity index is 3230. The lowest BCUT2D eigenvalue weighted by atomic mass is 9.82. The SMILES string of the molecule is CC1(C)c2ccccc2-c2c(N(c3ccccc3)c3ccc4c5c6ccccc6c6c7ccccc7n7c8ccccc8n(c4c3)c5c67)cccc21. The van der Waals surface area contributed by atoms with Crippen molar-refractivity contribution in [3.05, 3.63) is 175 Å². The van der Waals surface area contributed by atoms with Crippen LogP contribution >= 0.6 is 0 Å². The van der Waals surface area contributed by atoms with Crippen molar-refractivity contribution >= 4 is 82.5 Å². The molecule has 0 N–H and O–H groups in total. The van der Waals surface area contributed by atoms with Crippen LogP contribution in [0.15, 0.2) is 164 Å². The summed E-state index contributed by atoms with van der Waals surface area (Å²) in [6.45, 7) is 4.72. The lowest BCUT2D eigenvalue weighted by Gasteiger charge is -2.29. The molecule has 0 bridgehead atoms. The average molecular weight is 664 g/mol. The summed E-state index contributed by atoms with van der Waals surface area (Å²) in [5, 5.41) is 7.79. The minimum Gasteiger partial charge on any atom is -0.310 e. The number of hydrogen-bond donors (Lipinski definition) is 0. The molecule has 8 aromatic carbocycles. The highest BCUT2D eigenvalue weighted by Crippen LogP contribution is 2.55. The molecule has 52 heavy (non-hydrogen) atoms. The predicted octanol–water partition coefficient (Wildman–Crippen LogP) is 13.2. The van der Waals surface area contributed by atoms with Crippen LogP contribution in [-0.2, 0) is 5.41 Å². The van der Waals surface area contributed by atoms with Gasteiger partial charge in [0.25, 0.3) is 0 Å². The summed E-state index contributed by atoms with van der Waals surface area (Å²) in [6, 6.07) is 60.7. The van der Waals surface area contributed by atoms with Gasteiger partial charge in [-0.05, 0) is 76.0 Å². The molecule has 0 atom stereocenters. The van der Waals surface area contributed by atoms with E-state index in [2.05, 4.69) is 191 Å². The van der Waals surface area contributed by atoms with Gasteiger partial charge < -0.3 is 13.7 Å². The van der Waals surface area contributed by atoms with Gasteiger partial charge in [-0.1, -0.05) is 129 Å². The van der Waals surface area contributed by atoms with Gasteiger partial charge in [-0.2, -0.15) is 0 Å². The lowest BCUT2D eigenvalue weighted by Crippen LogP contribution is -2.16. The van der Waals surface area contributed by atoms with E-state index < -0.39 is 0 Å². The van der Waals surface area contributed by atoms with Gasteiger partial charge >= 0.3 is 0 Å². The molecule has 3 heteroatoms. The molecule has 11 aromatic rings. The summed E-state index contributed by atoms with van der Waals surface area (Å²) in [7, 11) is 0.